The zero-order valence-electron chi connectivity index (χ0n) is 14.8. The number of likely N-dealkylation sites (tertiary alicyclic amines) is 1. The van der Waals surface area contributed by atoms with Crippen LogP contribution in [0, 0.1) is 5.92 Å². The lowest BCUT2D eigenvalue weighted by atomic mass is 9.91. The van der Waals surface area contributed by atoms with Gasteiger partial charge < -0.3 is 9.88 Å². The van der Waals surface area contributed by atoms with E-state index < -0.39 is 17.3 Å². The molecule has 1 N–H and O–H groups in total. The third kappa shape index (κ3) is 4.78. The van der Waals surface area contributed by atoms with Crippen molar-refractivity contribution in [2.45, 2.75) is 31.9 Å². The number of rotatable bonds is 4. The van der Waals surface area contributed by atoms with Crippen LogP contribution < -0.4 is 5.56 Å². The molecule has 1 aliphatic rings. The number of alkyl halides is 3. The number of benzene rings is 1. The lowest BCUT2D eigenvalue weighted by molar-refractivity contribution is -0.137. The summed E-state index contributed by atoms with van der Waals surface area (Å²) < 4.78 is 38.5. The van der Waals surface area contributed by atoms with Gasteiger partial charge in [-0.05, 0) is 55.4 Å². The number of aromatic amines is 1. The molecule has 2 heterocycles. The molecule has 1 aromatic carbocycles. The minimum atomic E-state index is -4.34. The van der Waals surface area contributed by atoms with Gasteiger partial charge in [-0.25, -0.2) is 0 Å². The summed E-state index contributed by atoms with van der Waals surface area (Å²) in [5.41, 5.74) is -0.277. The molecule has 0 unspecified atom stereocenters. The highest BCUT2D eigenvalue weighted by Gasteiger charge is 2.30. The fraction of sp³-hybridized carbons (Fsp3) is 0.400. The number of carbonyl (C=O) groups is 1. The van der Waals surface area contributed by atoms with Crippen LogP contribution in [0.15, 0.2) is 47.4 Å². The topological polar surface area (TPSA) is 53.2 Å². The third-order valence-electron chi connectivity index (χ3n) is 4.95. The minimum absolute atomic E-state index is 0.121. The lowest BCUT2D eigenvalue weighted by Crippen LogP contribution is -2.41. The zero-order valence-corrected chi connectivity index (χ0v) is 14.8. The molecule has 0 bridgehead atoms. The minimum Gasteiger partial charge on any atom is -0.338 e. The Labute approximate surface area is 155 Å². The summed E-state index contributed by atoms with van der Waals surface area (Å²) in [5.74, 6) is -0.0827. The van der Waals surface area contributed by atoms with Gasteiger partial charge in [0.15, 0.2) is 0 Å². The van der Waals surface area contributed by atoms with Crippen LogP contribution in [0.3, 0.4) is 0 Å². The standard InChI is InChI=1S/C20H21F3N2O2/c21-20(22,23)16-6-1-4-14(12-16)8-9-15-5-3-11-25(13-15)19(27)17-7-2-10-24-18(17)26/h1-2,4,6-7,10,12,15H,3,5,8-9,11,13H2,(H,24,26)/t15-/m0/s1. The molecule has 27 heavy (non-hydrogen) atoms. The van der Waals surface area contributed by atoms with Crippen LogP contribution in [0.5, 0.6) is 0 Å². The first-order valence-electron chi connectivity index (χ1n) is 8.97. The monoisotopic (exact) mass is 378 g/mol. The van der Waals surface area contributed by atoms with Crippen molar-refractivity contribution < 1.29 is 18.0 Å². The number of H-pyrrole nitrogens is 1. The number of aromatic nitrogens is 1. The van der Waals surface area contributed by atoms with E-state index in [1.54, 1.807) is 17.0 Å². The highest BCUT2D eigenvalue weighted by Crippen LogP contribution is 2.30. The Hall–Kier alpha value is -2.57. The molecule has 4 nitrogen and oxygen atoms in total. The van der Waals surface area contributed by atoms with Gasteiger partial charge >= 0.3 is 6.18 Å². The van der Waals surface area contributed by atoms with Crippen LogP contribution in [0.25, 0.3) is 0 Å². The first-order chi connectivity index (χ1) is 12.8. The quantitative estimate of drug-likeness (QED) is 0.878. The van der Waals surface area contributed by atoms with E-state index in [4.69, 9.17) is 0 Å². The fourth-order valence-corrected chi connectivity index (χ4v) is 3.52. The first-order valence-corrected chi connectivity index (χ1v) is 8.97. The predicted molar refractivity (Wildman–Crippen MR) is 95.5 cm³/mol. The molecular formula is C20H21F3N2O2. The summed E-state index contributed by atoms with van der Waals surface area (Å²) in [7, 11) is 0. The van der Waals surface area contributed by atoms with Crippen molar-refractivity contribution in [3.63, 3.8) is 0 Å². The van der Waals surface area contributed by atoms with E-state index in [1.165, 1.54) is 24.4 Å². The molecule has 0 saturated carbocycles. The number of hydrogen-bond donors (Lipinski definition) is 1. The summed E-state index contributed by atoms with van der Waals surface area (Å²) in [5, 5.41) is 0. The van der Waals surface area contributed by atoms with Gasteiger partial charge in [0, 0.05) is 19.3 Å². The van der Waals surface area contributed by atoms with Crippen LogP contribution in [0.2, 0.25) is 0 Å². The molecular weight excluding hydrogens is 357 g/mol. The third-order valence-corrected chi connectivity index (χ3v) is 4.95. The Morgan fingerprint density at radius 2 is 2.04 bits per heavy atom. The van der Waals surface area contributed by atoms with Crippen molar-refractivity contribution in [1.82, 2.24) is 9.88 Å². The summed E-state index contributed by atoms with van der Waals surface area (Å²) in [6.07, 6.45) is 0.121. The van der Waals surface area contributed by atoms with Gasteiger partial charge in [0.1, 0.15) is 5.56 Å². The lowest BCUT2D eigenvalue weighted by Gasteiger charge is -2.32. The molecule has 3 rings (SSSR count). The molecule has 1 aromatic heterocycles. The molecule has 0 spiro atoms. The highest BCUT2D eigenvalue weighted by molar-refractivity contribution is 5.93. The zero-order chi connectivity index (χ0) is 19.4. The van der Waals surface area contributed by atoms with Crippen LogP contribution >= 0.6 is 0 Å². The molecule has 1 fully saturated rings. The number of amides is 1. The normalized spacial score (nSPS) is 17.7. The van der Waals surface area contributed by atoms with E-state index in [0.29, 0.717) is 31.5 Å². The van der Waals surface area contributed by atoms with E-state index in [-0.39, 0.29) is 17.4 Å². The molecule has 1 amide bonds. The van der Waals surface area contributed by atoms with Crippen molar-refractivity contribution in [3.05, 3.63) is 69.6 Å². The van der Waals surface area contributed by atoms with E-state index in [2.05, 4.69) is 4.98 Å². The smallest absolute Gasteiger partial charge is 0.338 e. The van der Waals surface area contributed by atoms with E-state index >= 15 is 0 Å². The summed E-state index contributed by atoms with van der Waals surface area (Å²) in [4.78, 5) is 28.6. The number of nitrogens with zero attached hydrogens (tertiary/aromatic N) is 1. The maximum absolute atomic E-state index is 12.8. The predicted octanol–water partition coefficient (Wildman–Crippen LogP) is 3.88. The SMILES string of the molecule is O=C(c1ccc[nH]c1=O)N1CCC[C@@H](CCc2cccc(C(F)(F)F)c2)C1. The molecule has 1 aliphatic heterocycles. The number of hydrogen-bond acceptors (Lipinski definition) is 2. The molecule has 0 radical (unpaired) electrons. The number of piperidine rings is 1. The number of carbonyl (C=O) groups excluding carboxylic acids is 1. The van der Waals surface area contributed by atoms with Crippen LogP contribution in [-0.4, -0.2) is 28.9 Å². The van der Waals surface area contributed by atoms with Gasteiger partial charge in [-0.15, -0.1) is 0 Å². The Bertz CT molecular complexity index is 861. The fourth-order valence-electron chi connectivity index (χ4n) is 3.52. The maximum atomic E-state index is 12.8. The van der Waals surface area contributed by atoms with Crippen LogP contribution in [0.1, 0.15) is 40.7 Å². The summed E-state index contributed by atoms with van der Waals surface area (Å²) in [6.45, 7) is 1.11. The van der Waals surface area contributed by atoms with Crippen molar-refractivity contribution in [3.8, 4) is 0 Å². The average molecular weight is 378 g/mol. The van der Waals surface area contributed by atoms with Gasteiger partial charge in [-0.3, -0.25) is 9.59 Å². The molecule has 144 valence electrons. The number of halogens is 3. The van der Waals surface area contributed by atoms with Crippen molar-refractivity contribution >= 4 is 5.91 Å². The number of pyridine rings is 1. The Kier molecular flexibility index (Phi) is 5.68. The van der Waals surface area contributed by atoms with Gasteiger partial charge in [0.05, 0.1) is 5.56 Å². The molecule has 7 heteroatoms. The van der Waals surface area contributed by atoms with Gasteiger partial charge in [0.2, 0.25) is 0 Å². The molecule has 2 aromatic rings. The van der Waals surface area contributed by atoms with Crippen molar-refractivity contribution in [1.29, 1.82) is 0 Å². The second kappa shape index (κ2) is 7.98. The van der Waals surface area contributed by atoms with E-state index in [9.17, 15) is 22.8 Å². The van der Waals surface area contributed by atoms with Crippen molar-refractivity contribution in [2.75, 3.05) is 13.1 Å². The molecule has 1 atom stereocenters. The Morgan fingerprint density at radius 1 is 1.22 bits per heavy atom. The highest BCUT2D eigenvalue weighted by atomic mass is 19.4. The first kappa shape index (κ1) is 19.2. The number of aryl methyl sites for hydroxylation is 1. The van der Waals surface area contributed by atoms with E-state index in [1.807, 2.05) is 0 Å². The van der Waals surface area contributed by atoms with Crippen LogP contribution in [-0.2, 0) is 12.6 Å². The Balaban J connectivity index is 1.61. The van der Waals surface area contributed by atoms with Gasteiger partial charge in [-0.1, -0.05) is 18.2 Å². The van der Waals surface area contributed by atoms with Crippen LogP contribution in [0.4, 0.5) is 13.2 Å². The molecule has 0 aliphatic carbocycles. The second-order valence-electron chi connectivity index (χ2n) is 6.91. The maximum Gasteiger partial charge on any atom is 0.416 e. The second-order valence-corrected chi connectivity index (χ2v) is 6.91. The van der Waals surface area contributed by atoms with Gasteiger partial charge in [-0.2, -0.15) is 13.2 Å². The molecule has 1 saturated heterocycles. The van der Waals surface area contributed by atoms with Crippen molar-refractivity contribution in [2.24, 2.45) is 5.92 Å². The summed E-state index contributed by atoms with van der Waals surface area (Å²) >= 11 is 0. The van der Waals surface area contributed by atoms with E-state index in [0.717, 1.165) is 18.9 Å². The van der Waals surface area contributed by atoms with Gasteiger partial charge in [0.25, 0.3) is 11.5 Å². The number of nitrogens with one attached hydrogen (secondary N) is 1. The largest absolute Gasteiger partial charge is 0.416 e. The Morgan fingerprint density at radius 3 is 2.78 bits per heavy atom. The average Bonchev–Trinajstić information content (AvgIpc) is 2.66. The summed E-state index contributed by atoms with van der Waals surface area (Å²) in [6, 6.07) is 8.51.